The molecule has 6 nitrogen and oxygen atoms in total. The highest BCUT2D eigenvalue weighted by molar-refractivity contribution is 7.54. The second-order valence-electron chi connectivity index (χ2n) is 5.32. The molecule has 26 heavy (non-hydrogen) atoms. The quantitative estimate of drug-likeness (QED) is 0.478. The Kier molecular flexibility index (Phi) is 6.27. The Balaban J connectivity index is 2.01. The molecule has 0 radical (unpaired) electrons. The summed E-state index contributed by atoms with van der Waals surface area (Å²) in [5.74, 6) is -0.708. The van der Waals surface area contributed by atoms with Gasteiger partial charge in [0.1, 0.15) is 10.3 Å². The standard InChI is InChI=1S/C17H19ClN3O3PS/c1-3-23-25(22,24-4-2)15(12-7-9-13(18)10-8-12)21-17-20-14-6-5-11-19-16(14)26-17/h5-11,15H,3-4H2,1-2H3,(H,20,21). The molecular formula is C17H19ClN3O3PS. The van der Waals surface area contributed by atoms with Gasteiger partial charge in [0.25, 0.3) is 0 Å². The summed E-state index contributed by atoms with van der Waals surface area (Å²) < 4.78 is 24.6. The second kappa shape index (κ2) is 8.46. The Morgan fingerprint density at radius 1 is 1.19 bits per heavy atom. The highest BCUT2D eigenvalue weighted by Gasteiger charge is 2.37. The van der Waals surface area contributed by atoms with Gasteiger partial charge in [-0.15, -0.1) is 0 Å². The van der Waals surface area contributed by atoms with E-state index in [0.717, 1.165) is 15.9 Å². The molecule has 0 aliphatic rings. The topological polar surface area (TPSA) is 73.3 Å². The molecule has 2 aromatic heterocycles. The molecule has 0 bridgehead atoms. The lowest BCUT2D eigenvalue weighted by atomic mass is 10.2. The van der Waals surface area contributed by atoms with E-state index in [1.54, 1.807) is 44.3 Å². The van der Waals surface area contributed by atoms with E-state index in [4.69, 9.17) is 20.6 Å². The molecule has 0 amide bonds. The summed E-state index contributed by atoms with van der Waals surface area (Å²) >= 11 is 7.38. The van der Waals surface area contributed by atoms with Crippen molar-refractivity contribution in [2.75, 3.05) is 18.5 Å². The number of halogens is 1. The van der Waals surface area contributed by atoms with Crippen molar-refractivity contribution in [3.8, 4) is 0 Å². The number of nitrogens with one attached hydrogen (secondary N) is 1. The summed E-state index contributed by atoms with van der Waals surface area (Å²) in [6.07, 6.45) is 1.71. The minimum atomic E-state index is -3.48. The maximum atomic E-state index is 13.4. The van der Waals surface area contributed by atoms with Crippen LogP contribution < -0.4 is 5.32 Å². The van der Waals surface area contributed by atoms with Gasteiger partial charge >= 0.3 is 7.60 Å². The summed E-state index contributed by atoms with van der Waals surface area (Å²) in [6, 6.07) is 10.8. The van der Waals surface area contributed by atoms with Gasteiger partial charge in [0, 0.05) is 11.2 Å². The summed E-state index contributed by atoms with van der Waals surface area (Å²) in [4.78, 5) is 9.61. The summed E-state index contributed by atoms with van der Waals surface area (Å²) in [5, 5.41) is 4.42. The second-order valence-corrected chi connectivity index (χ2v) is 8.85. The van der Waals surface area contributed by atoms with E-state index in [2.05, 4.69) is 15.3 Å². The van der Waals surface area contributed by atoms with Gasteiger partial charge < -0.3 is 14.4 Å². The average molecular weight is 412 g/mol. The van der Waals surface area contributed by atoms with Crippen molar-refractivity contribution in [3.63, 3.8) is 0 Å². The highest BCUT2D eigenvalue weighted by atomic mass is 35.5. The molecular weight excluding hydrogens is 393 g/mol. The summed E-state index contributed by atoms with van der Waals surface area (Å²) in [7, 11) is -3.48. The number of benzene rings is 1. The van der Waals surface area contributed by atoms with E-state index in [1.165, 1.54) is 11.3 Å². The van der Waals surface area contributed by atoms with Crippen molar-refractivity contribution in [2.45, 2.75) is 19.6 Å². The molecule has 0 spiro atoms. The fourth-order valence-electron chi connectivity index (χ4n) is 2.48. The van der Waals surface area contributed by atoms with Crippen molar-refractivity contribution in [2.24, 2.45) is 0 Å². The molecule has 1 aromatic carbocycles. The van der Waals surface area contributed by atoms with Crippen LogP contribution in [0.4, 0.5) is 5.13 Å². The third-order valence-electron chi connectivity index (χ3n) is 3.55. The lowest BCUT2D eigenvalue weighted by Crippen LogP contribution is -2.15. The molecule has 138 valence electrons. The fraction of sp³-hybridized carbons (Fsp3) is 0.294. The van der Waals surface area contributed by atoms with Gasteiger partial charge in [-0.25, -0.2) is 9.97 Å². The number of anilines is 1. The molecule has 0 aliphatic carbocycles. The van der Waals surface area contributed by atoms with Gasteiger partial charge in [0.05, 0.1) is 13.2 Å². The largest absolute Gasteiger partial charge is 0.357 e. The molecule has 0 saturated heterocycles. The number of thiazole rings is 1. The first-order valence-electron chi connectivity index (χ1n) is 8.18. The van der Waals surface area contributed by atoms with Gasteiger partial charge in [-0.3, -0.25) is 4.57 Å². The van der Waals surface area contributed by atoms with Crippen molar-refractivity contribution in [3.05, 3.63) is 53.2 Å². The van der Waals surface area contributed by atoms with Gasteiger partial charge in [0.15, 0.2) is 10.9 Å². The van der Waals surface area contributed by atoms with E-state index in [9.17, 15) is 4.57 Å². The van der Waals surface area contributed by atoms with Gasteiger partial charge in [-0.05, 0) is 43.7 Å². The SMILES string of the molecule is CCOP(=O)(OCC)C(Nc1nc2cccnc2s1)c1ccc(Cl)cc1. The van der Waals surface area contributed by atoms with E-state index < -0.39 is 13.4 Å². The minimum Gasteiger partial charge on any atom is -0.344 e. The van der Waals surface area contributed by atoms with Gasteiger partial charge in [-0.1, -0.05) is 35.1 Å². The number of fused-ring (bicyclic) bond motifs is 1. The monoisotopic (exact) mass is 411 g/mol. The van der Waals surface area contributed by atoms with E-state index >= 15 is 0 Å². The van der Waals surface area contributed by atoms with Crippen LogP contribution in [0.2, 0.25) is 5.02 Å². The van der Waals surface area contributed by atoms with Crippen molar-refractivity contribution < 1.29 is 13.6 Å². The van der Waals surface area contributed by atoms with Crippen LogP contribution in [0.25, 0.3) is 10.3 Å². The van der Waals surface area contributed by atoms with Crippen molar-refractivity contribution in [1.29, 1.82) is 0 Å². The van der Waals surface area contributed by atoms with E-state index in [1.807, 2.05) is 12.1 Å². The zero-order chi connectivity index (χ0) is 18.6. The first-order valence-corrected chi connectivity index (χ1v) is 11.0. The lowest BCUT2D eigenvalue weighted by Gasteiger charge is -2.27. The molecule has 1 atom stereocenters. The Morgan fingerprint density at radius 2 is 1.88 bits per heavy atom. The number of pyridine rings is 1. The molecule has 0 aliphatic heterocycles. The predicted molar refractivity (Wildman–Crippen MR) is 106 cm³/mol. The summed E-state index contributed by atoms with van der Waals surface area (Å²) in [5.41, 5.74) is 1.52. The first-order chi connectivity index (χ1) is 12.6. The average Bonchev–Trinajstić information content (AvgIpc) is 3.03. The van der Waals surface area contributed by atoms with Crippen LogP contribution in [0.15, 0.2) is 42.6 Å². The van der Waals surface area contributed by atoms with Crippen molar-refractivity contribution in [1.82, 2.24) is 9.97 Å². The predicted octanol–water partition coefficient (Wildman–Crippen LogP) is 5.72. The highest BCUT2D eigenvalue weighted by Crippen LogP contribution is 2.61. The van der Waals surface area contributed by atoms with Crippen LogP contribution >= 0.6 is 30.5 Å². The Labute approximate surface area is 161 Å². The molecule has 3 rings (SSSR count). The zero-order valence-corrected chi connectivity index (χ0v) is 16.9. The molecule has 9 heteroatoms. The molecule has 0 saturated carbocycles. The van der Waals surface area contributed by atoms with Crippen LogP contribution in [-0.2, 0) is 13.6 Å². The number of nitrogens with zero attached hydrogens (tertiary/aromatic N) is 2. The number of aromatic nitrogens is 2. The number of hydrogen-bond donors (Lipinski definition) is 1. The maximum absolute atomic E-state index is 13.4. The third-order valence-corrected chi connectivity index (χ3v) is 7.00. The Hall–Kier alpha value is -1.50. The smallest absolute Gasteiger partial charge is 0.344 e. The Morgan fingerprint density at radius 3 is 2.50 bits per heavy atom. The lowest BCUT2D eigenvalue weighted by molar-refractivity contribution is 0.214. The van der Waals surface area contributed by atoms with Crippen LogP contribution in [0.3, 0.4) is 0 Å². The minimum absolute atomic E-state index is 0.268. The number of hydrogen-bond acceptors (Lipinski definition) is 7. The Bertz CT molecular complexity index is 876. The third kappa shape index (κ3) is 4.24. The van der Waals surface area contributed by atoms with Crippen LogP contribution in [-0.4, -0.2) is 23.2 Å². The maximum Gasteiger partial charge on any atom is 0.357 e. The summed E-state index contributed by atoms with van der Waals surface area (Å²) in [6.45, 7) is 4.10. The van der Waals surface area contributed by atoms with Crippen LogP contribution in [0.5, 0.6) is 0 Å². The normalized spacial score (nSPS) is 13.0. The molecule has 2 heterocycles. The van der Waals surface area contributed by atoms with Crippen LogP contribution in [0, 0.1) is 0 Å². The molecule has 3 aromatic rings. The fourth-order valence-corrected chi connectivity index (χ4v) is 5.44. The molecule has 1 unspecified atom stereocenters. The number of rotatable bonds is 8. The van der Waals surface area contributed by atoms with Gasteiger partial charge in [-0.2, -0.15) is 0 Å². The first kappa shape index (κ1) is 19.3. The van der Waals surface area contributed by atoms with E-state index in [0.29, 0.717) is 10.2 Å². The molecule has 1 N–H and O–H groups in total. The van der Waals surface area contributed by atoms with E-state index in [-0.39, 0.29) is 13.2 Å². The van der Waals surface area contributed by atoms with Crippen LogP contribution in [0.1, 0.15) is 25.2 Å². The van der Waals surface area contributed by atoms with Gasteiger partial charge in [0.2, 0.25) is 0 Å². The zero-order valence-electron chi connectivity index (χ0n) is 14.4. The molecule has 0 fully saturated rings. The van der Waals surface area contributed by atoms with Crippen molar-refractivity contribution >= 4 is 46.0 Å².